The first-order chi connectivity index (χ1) is 7.54. The third-order valence-corrected chi connectivity index (χ3v) is 2.51. The number of aliphatic hydroxyl groups excluding tert-OH is 1. The van der Waals surface area contributed by atoms with Crippen LogP contribution in [0, 0.1) is 10.1 Å². The van der Waals surface area contributed by atoms with Gasteiger partial charge in [0.15, 0.2) is 0 Å². The maximum absolute atomic E-state index is 10.5. The summed E-state index contributed by atoms with van der Waals surface area (Å²) in [6, 6.07) is 4.30. The van der Waals surface area contributed by atoms with Crippen LogP contribution in [0.4, 0.5) is 5.69 Å². The van der Waals surface area contributed by atoms with Crippen molar-refractivity contribution in [3.8, 4) is 0 Å². The van der Waals surface area contributed by atoms with E-state index in [-0.39, 0.29) is 18.3 Å². The highest BCUT2D eigenvalue weighted by molar-refractivity contribution is 6.31. The van der Waals surface area contributed by atoms with E-state index in [1.807, 2.05) is 6.92 Å². The van der Waals surface area contributed by atoms with Crippen molar-refractivity contribution in [3.05, 3.63) is 38.9 Å². The molecule has 0 aromatic heterocycles. The van der Waals surface area contributed by atoms with Gasteiger partial charge in [0.2, 0.25) is 0 Å². The fourth-order valence-electron chi connectivity index (χ4n) is 1.14. The third-order valence-electron chi connectivity index (χ3n) is 2.16. The maximum Gasteiger partial charge on any atom is 0.270 e. The Labute approximate surface area is 98.2 Å². The lowest BCUT2D eigenvalue weighted by Crippen LogP contribution is -2.28. The summed E-state index contributed by atoms with van der Waals surface area (Å²) in [6.07, 6.45) is 0. The maximum atomic E-state index is 10.5. The largest absolute Gasteiger partial charge is 0.395 e. The van der Waals surface area contributed by atoms with E-state index in [9.17, 15) is 10.1 Å². The number of rotatable bonds is 5. The molecule has 0 spiro atoms. The minimum absolute atomic E-state index is 0.0241. The quantitative estimate of drug-likeness (QED) is 0.611. The second kappa shape index (κ2) is 5.79. The van der Waals surface area contributed by atoms with Gasteiger partial charge >= 0.3 is 0 Å². The molecule has 0 saturated carbocycles. The third kappa shape index (κ3) is 3.44. The van der Waals surface area contributed by atoms with Gasteiger partial charge in [0.1, 0.15) is 0 Å². The molecule has 1 unspecified atom stereocenters. The van der Waals surface area contributed by atoms with Crippen LogP contribution in [-0.4, -0.2) is 22.7 Å². The van der Waals surface area contributed by atoms with Crippen molar-refractivity contribution in [1.82, 2.24) is 5.32 Å². The molecule has 0 amide bonds. The highest BCUT2D eigenvalue weighted by Gasteiger charge is 2.09. The van der Waals surface area contributed by atoms with Crippen molar-refractivity contribution < 1.29 is 10.0 Å². The fraction of sp³-hybridized carbons (Fsp3) is 0.400. The molecule has 88 valence electrons. The Hall–Kier alpha value is -1.17. The first-order valence-electron chi connectivity index (χ1n) is 4.81. The van der Waals surface area contributed by atoms with Gasteiger partial charge in [-0.15, -0.1) is 0 Å². The number of nitrogens with zero attached hydrogens (tertiary/aromatic N) is 1. The van der Waals surface area contributed by atoms with Gasteiger partial charge in [0.05, 0.1) is 16.6 Å². The smallest absolute Gasteiger partial charge is 0.270 e. The van der Waals surface area contributed by atoms with Gasteiger partial charge < -0.3 is 10.4 Å². The zero-order valence-electron chi connectivity index (χ0n) is 8.81. The average Bonchev–Trinajstić information content (AvgIpc) is 2.26. The molecule has 0 saturated heterocycles. The lowest BCUT2D eigenvalue weighted by molar-refractivity contribution is -0.384. The van der Waals surface area contributed by atoms with Crippen LogP contribution in [0.3, 0.4) is 0 Å². The van der Waals surface area contributed by atoms with Gasteiger partial charge in [-0.2, -0.15) is 0 Å². The van der Waals surface area contributed by atoms with Crippen LogP contribution in [0.5, 0.6) is 0 Å². The normalized spacial score (nSPS) is 12.4. The van der Waals surface area contributed by atoms with Gasteiger partial charge in [0, 0.05) is 24.7 Å². The number of halogens is 1. The van der Waals surface area contributed by atoms with Crippen molar-refractivity contribution in [2.24, 2.45) is 0 Å². The molecule has 1 atom stereocenters. The van der Waals surface area contributed by atoms with Crippen LogP contribution in [-0.2, 0) is 6.54 Å². The monoisotopic (exact) mass is 244 g/mol. The predicted molar refractivity (Wildman–Crippen MR) is 61.5 cm³/mol. The van der Waals surface area contributed by atoms with Gasteiger partial charge in [-0.3, -0.25) is 10.1 Å². The van der Waals surface area contributed by atoms with Gasteiger partial charge in [0.25, 0.3) is 5.69 Å². The van der Waals surface area contributed by atoms with Crippen molar-refractivity contribution in [2.75, 3.05) is 6.61 Å². The predicted octanol–water partition coefficient (Wildman–Crippen LogP) is 1.72. The minimum atomic E-state index is -0.487. The molecule has 1 aromatic rings. The summed E-state index contributed by atoms with van der Waals surface area (Å²) in [7, 11) is 0. The first-order valence-corrected chi connectivity index (χ1v) is 5.19. The summed E-state index contributed by atoms with van der Waals surface area (Å²) in [6.45, 7) is 2.34. The molecule has 0 aliphatic carbocycles. The van der Waals surface area contributed by atoms with Crippen molar-refractivity contribution in [3.63, 3.8) is 0 Å². The molecule has 2 N–H and O–H groups in total. The number of hydrogen-bond acceptors (Lipinski definition) is 4. The van der Waals surface area contributed by atoms with Crippen LogP contribution >= 0.6 is 11.6 Å². The summed E-state index contributed by atoms with van der Waals surface area (Å²) in [5.74, 6) is 0. The second-order valence-corrected chi connectivity index (χ2v) is 3.90. The Morgan fingerprint density at radius 3 is 2.81 bits per heavy atom. The van der Waals surface area contributed by atoms with Crippen LogP contribution in [0.1, 0.15) is 12.5 Å². The SMILES string of the molecule is CC(CO)NCc1ccc([N+](=O)[O-])cc1Cl. The van der Waals surface area contributed by atoms with E-state index in [4.69, 9.17) is 16.7 Å². The van der Waals surface area contributed by atoms with E-state index in [1.165, 1.54) is 12.1 Å². The highest BCUT2D eigenvalue weighted by atomic mass is 35.5. The summed E-state index contributed by atoms with van der Waals surface area (Å²) in [5.41, 5.74) is 0.747. The molecule has 6 heteroatoms. The molecule has 1 aromatic carbocycles. The van der Waals surface area contributed by atoms with Crippen LogP contribution in [0.25, 0.3) is 0 Å². The Balaban J connectivity index is 2.72. The van der Waals surface area contributed by atoms with Crippen LogP contribution < -0.4 is 5.32 Å². The summed E-state index contributed by atoms with van der Waals surface area (Å²) in [5, 5.41) is 22.7. The average molecular weight is 245 g/mol. The number of nitrogens with one attached hydrogen (secondary N) is 1. The molecule has 0 radical (unpaired) electrons. The summed E-state index contributed by atoms with van der Waals surface area (Å²) < 4.78 is 0. The molecule has 5 nitrogen and oxygen atoms in total. The molecular formula is C10H13ClN2O3. The molecule has 0 fully saturated rings. The molecule has 1 rings (SSSR count). The number of benzene rings is 1. The minimum Gasteiger partial charge on any atom is -0.395 e. The molecule has 0 aliphatic rings. The van der Waals surface area contributed by atoms with Crippen LogP contribution in [0.15, 0.2) is 18.2 Å². The van der Waals surface area contributed by atoms with Crippen molar-refractivity contribution in [1.29, 1.82) is 0 Å². The van der Waals surface area contributed by atoms with Crippen LogP contribution in [0.2, 0.25) is 5.02 Å². The van der Waals surface area contributed by atoms with Gasteiger partial charge in [-0.05, 0) is 18.6 Å². The first kappa shape index (κ1) is 12.9. The standard InChI is InChI=1S/C10H13ClN2O3/c1-7(6-14)12-5-8-2-3-9(13(15)16)4-10(8)11/h2-4,7,12,14H,5-6H2,1H3. The molecule has 0 bridgehead atoms. The Kier molecular flexibility index (Phi) is 4.67. The van der Waals surface area contributed by atoms with Gasteiger partial charge in [-0.25, -0.2) is 0 Å². The zero-order valence-corrected chi connectivity index (χ0v) is 9.57. The lowest BCUT2D eigenvalue weighted by atomic mass is 10.2. The highest BCUT2D eigenvalue weighted by Crippen LogP contribution is 2.22. The number of nitro benzene ring substituents is 1. The summed E-state index contributed by atoms with van der Waals surface area (Å²) >= 11 is 5.89. The van der Waals surface area contributed by atoms with E-state index in [1.54, 1.807) is 6.07 Å². The Morgan fingerprint density at radius 2 is 2.31 bits per heavy atom. The molecule has 16 heavy (non-hydrogen) atoms. The van der Waals surface area contributed by atoms with E-state index >= 15 is 0 Å². The van der Waals surface area contributed by atoms with Crippen molar-refractivity contribution in [2.45, 2.75) is 19.5 Å². The number of aliphatic hydroxyl groups is 1. The zero-order chi connectivity index (χ0) is 12.1. The van der Waals surface area contributed by atoms with E-state index in [0.29, 0.717) is 11.6 Å². The Bertz CT molecular complexity index is 384. The number of non-ortho nitro benzene ring substituents is 1. The molecule has 0 aliphatic heterocycles. The van der Waals surface area contributed by atoms with Crippen molar-refractivity contribution >= 4 is 17.3 Å². The lowest BCUT2D eigenvalue weighted by Gasteiger charge is -2.11. The van der Waals surface area contributed by atoms with E-state index in [2.05, 4.69) is 5.32 Å². The topological polar surface area (TPSA) is 75.4 Å². The van der Waals surface area contributed by atoms with E-state index in [0.717, 1.165) is 5.56 Å². The fourth-order valence-corrected chi connectivity index (χ4v) is 1.38. The molecule has 0 heterocycles. The number of nitro groups is 1. The van der Waals surface area contributed by atoms with E-state index < -0.39 is 4.92 Å². The van der Waals surface area contributed by atoms with Gasteiger partial charge in [-0.1, -0.05) is 11.6 Å². The second-order valence-electron chi connectivity index (χ2n) is 3.50. The Morgan fingerprint density at radius 1 is 1.62 bits per heavy atom. The number of hydrogen-bond donors (Lipinski definition) is 2. The molecular weight excluding hydrogens is 232 g/mol. The summed E-state index contributed by atoms with van der Waals surface area (Å²) in [4.78, 5) is 9.99.